The standard InChI is InChI=1S/C21H25N3O4S2/c1-16-5-7-17(8-6-16)30(26,27)24-14-15-28-21(24)9-12-23(13-10-21)20(25)18-4-3-11-22-19(18)29-2/h3-8,11H,9-10,12-15H2,1-2H3. The van der Waals surface area contributed by atoms with Gasteiger partial charge in [-0.2, -0.15) is 4.31 Å². The number of amides is 1. The van der Waals surface area contributed by atoms with Gasteiger partial charge in [-0.05, 0) is 37.4 Å². The Kier molecular flexibility index (Phi) is 5.89. The zero-order chi connectivity index (χ0) is 21.4. The van der Waals surface area contributed by atoms with Crippen molar-refractivity contribution in [3.63, 3.8) is 0 Å². The monoisotopic (exact) mass is 447 g/mol. The molecule has 7 nitrogen and oxygen atoms in total. The maximum absolute atomic E-state index is 13.3. The summed E-state index contributed by atoms with van der Waals surface area (Å²) in [6.45, 7) is 3.47. The normalized spacial score (nSPS) is 19.3. The first-order valence-corrected chi connectivity index (χ1v) is 12.6. The lowest BCUT2D eigenvalue weighted by molar-refractivity contribution is -0.0857. The van der Waals surface area contributed by atoms with Crippen molar-refractivity contribution in [1.29, 1.82) is 0 Å². The van der Waals surface area contributed by atoms with Crippen LogP contribution in [0.1, 0.15) is 28.8 Å². The van der Waals surface area contributed by atoms with Gasteiger partial charge in [0.2, 0.25) is 10.0 Å². The number of benzene rings is 1. The van der Waals surface area contributed by atoms with Crippen LogP contribution in [0.5, 0.6) is 0 Å². The summed E-state index contributed by atoms with van der Waals surface area (Å²) in [5, 5.41) is 0.698. The van der Waals surface area contributed by atoms with Crippen molar-refractivity contribution in [1.82, 2.24) is 14.2 Å². The third-order valence-corrected chi connectivity index (χ3v) is 8.43. The molecule has 2 aromatic rings. The van der Waals surface area contributed by atoms with Crippen molar-refractivity contribution < 1.29 is 17.9 Å². The molecule has 0 unspecified atom stereocenters. The largest absolute Gasteiger partial charge is 0.358 e. The summed E-state index contributed by atoms with van der Waals surface area (Å²) in [4.78, 5) is 19.3. The van der Waals surface area contributed by atoms with Crippen molar-refractivity contribution >= 4 is 27.7 Å². The second-order valence-electron chi connectivity index (χ2n) is 7.54. The van der Waals surface area contributed by atoms with Gasteiger partial charge in [-0.1, -0.05) is 17.7 Å². The van der Waals surface area contributed by atoms with E-state index < -0.39 is 15.7 Å². The van der Waals surface area contributed by atoms with Gasteiger partial charge in [-0.3, -0.25) is 4.79 Å². The quantitative estimate of drug-likeness (QED) is 0.671. The molecule has 0 saturated carbocycles. The van der Waals surface area contributed by atoms with Gasteiger partial charge >= 0.3 is 0 Å². The van der Waals surface area contributed by atoms with Gasteiger partial charge in [0, 0.05) is 38.7 Å². The van der Waals surface area contributed by atoms with Gasteiger partial charge in [-0.15, -0.1) is 11.8 Å². The fourth-order valence-electron chi connectivity index (χ4n) is 4.11. The zero-order valence-corrected chi connectivity index (χ0v) is 18.7. The number of rotatable bonds is 4. The summed E-state index contributed by atoms with van der Waals surface area (Å²) in [5.74, 6) is -0.0757. The molecule has 2 fully saturated rings. The molecule has 4 rings (SSSR count). The van der Waals surface area contributed by atoms with E-state index in [4.69, 9.17) is 4.74 Å². The number of hydrogen-bond acceptors (Lipinski definition) is 6. The predicted molar refractivity (Wildman–Crippen MR) is 115 cm³/mol. The molecule has 0 N–H and O–H groups in total. The van der Waals surface area contributed by atoms with Crippen LogP contribution in [-0.2, 0) is 14.8 Å². The molecule has 1 aromatic carbocycles. The van der Waals surface area contributed by atoms with E-state index in [-0.39, 0.29) is 10.8 Å². The Morgan fingerprint density at radius 3 is 2.50 bits per heavy atom. The van der Waals surface area contributed by atoms with Crippen LogP contribution < -0.4 is 0 Å². The van der Waals surface area contributed by atoms with E-state index in [9.17, 15) is 13.2 Å². The number of carbonyl (C=O) groups is 1. The SMILES string of the molecule is CSc1ncccc1C(=O)N1CCC2(CC1)OCCN2S(=O)(=O)c1ccc(C)cc1. The number of nitrogens with zero attached hydrogens (tertiary/aromatic N) is 3. The highest BCUT2D eigenvalue weighted by Gasteiger charge is 2.51. The lowest BCUT2D eigenvalue weighted by atomic mass is 10.00. The number of sulfonamides is 1. The molecule has 160 valence electrons. The molecule has 2 saturated heterocycles. The van der Waals surface area contributed by atoms with Crippen molar-refractivity contribution in [3.8, 4) is 0 Å². The zero-order valence-electron chi connectivity index (χ0n) is 17.1. The molecule has 1 amide bonds. The number of carbonyl (C=O) groups excluding carboxylic acids is 1. The lowest BCUT2D eigenvalue weighted by Gasteiger charge is -2.42. The van der Waals surface area contributed by atoms with Crippen LogP contribution in [0.2, 0.25) is 0 Å². The minimum absolute atomic E-state index is 0.0757. The molecule has 3 heterocycles. The second-order valence-corrected chi connectivity index (χ2v) is 10.2. The third kappa shape index (κ3) is 3.75. The molecular weight excluding hydrogens is 422 g/mol. The van der Waals surface area contributed by atoms with E-state index in [1.807, 2.05) is 13.2 Å². The van der Waals surface area contributed by atoms with E-state index in [2.05, 4.69) is 4.98 Å². The van der Waals surface area contributed by atoms with Crippen LogP contribution in [0.15, 0.2) is 52.5 Å². The van der Waals surface area contributed by atoms with Crippen LogP contribution in [0, 0.1) is 6.92 Å². The molecule has 0 bridgehead atoms. The first-order chi connectivity index (χ1) is 14.4. The number of likely N-dealkylation sites (tertiary alicyclic amines) is 1. The molecule has 1 aromatic heterocycles. The van der Waals surface area contributed by atoms with Crippen LogP contribution in [0.25, 0.3) is 0 Å². The average Bonchev–Trinajstić information content (AvgIpc) is 3.18. The minimum Gasteiger partial charge on any atom is -0.358 e. The number of aryl methyl sites for hydroxylation is 1. The third-order valence-electron chi connectivity index (χ3n) is 5.76. The number of hydrogen-bond donors (Lipinski definition) is 0. The first kappa shape index (κ1) is 21.3. The number of thioether (sulfide) groups is 1. The summed E-state index contributed by atoms with van der Waals surface area (Å²) in [6, 6.07) is 10.4. The van der Waals surface area contributed by atoms with Crippen LogP contribution >= 0.6 is 11.8 Å². The summed E-state index contributed by atoms with van der Waals surface area (Å²) in [6.07, 6.45) is 4.45. The Balaban J connectivity index is 1.53. The number of ether oxygens (including phenoxy) is 1. The Morgan fingerprint density at radius 1 is 1.13 bits per heavy atom. The molecule has 0 radical (unpaired) electrons. The van der Waals surface area contributed by atoms with E-state index in [1.54, 1.807) is 47.5 Å². The Labute approximate surface area is 181 Å². The molecule has 0 aliphatic carbocycles. The van der Waals surface area contributed by atoms with Crippen molar-refractivity contribution in [2.75, 3.05) is 32.5 Å². The average molecular weight is 448 g/mol. The molecule has 9 heteroatoms. The highest BCUT2D eigenvalue weighted by Crippen LogP contribution is 2.38. The number of aromatic nitrogens is 1. The highest BCUT2D eigenvalue weighted by molar-refractivity contribution is 7.98. The van der Waals surface area contributed by atoms with Gasteiger partial charge < -0.3 is 9.64 Å². The second kappa shape index (κ2) is 8.30. The number of piperidine rings is 1. The predicted octanol–water partition coefficient (Wildman–Crippen LogP) is 2.77. The van der Waals surface area contributed by atoms with Crippen LogP contribution in [-0.4, -0.2) is 66.7 Å². The highest BCUT2D eigenvalue weighted by atomic mass is 32.2. The van der Waals surface area contributed by atoms with Gasteiger partial charge in [0.1, 0.15) is 10.8 Å². The Bertz CT molecular complexity index is 1030. The Hall–Kier alpha value is -1.94. The molecule has 1 spiro atoms. The molecular formula is C21H25N3O4S2. The maximum atomic E-state index is 13.3. The summed E-state index contributed by atoms with van der Waals surface area (Å²) < 4.78 is 34.1. The van der Waals surface area contributed by atoms with E-state index in [0.717, 1.165) is 5.56 Å². The van der Waals surface area contributed by atoms with Crippen molar-refractivity contribution in [2.24, 2.45) is 0 Å². The minimum atomic E-state index is -3.67. The Morgan fingerprint density at radius 2 is 1.83 bits per heavy atom. The smallest absolute Gasteiger partial charge is 0.256 e. The summed E-state index contributed by atoms with van der Waals surface area (Å²) in [5.41, 5.74) is 0.697. The van der Waals surface area contributed by atoms with Crippen molar-refractivity contribution in [2.45, 2.75) is 35.4 Å². The van der Waals surface area contributed by atoms with Gasteiger partial charge in [0.15, 0.2) is 0 Å². The van der Waals surface area contributed by atoms with Crippen molar-refractivity contribution in [3.05, 3.63) is 53.7 Å². The topological polar surface area (TPSA) is 79.8 Å². The van der Waals surface area contributed by atoms with Gasteiger partial charge in [-0.25, -0.2) is 13.4 Å². The van der Waals surface area contributed by atoms with Crippen LogP contribution in [0.4, 0.5) is 0 Å². The van der Waals surface area contributed by atoms with E-state index >= 15 is 0 Å². The van der Waals surface area contributed by atoms with E-state index in [1.165, 1.54) is 16.1 Å². The molecule has 2 aliphatic heterocycles. The maximum Gasteiger partial charge on any atom is 0.256 e. The first-order valence-electron chi connectivity index (χ1n) is 9.89. The fourth-order valence-corrected chi connectivity index (χ4v) is 6.37. The number of pyridine rings is 1. The van der Waals surface area contributed by atoms with Crippen LogP contribution in [0.3, 0.4) is 0 Å². The lowest BCUT2D eigenvalue weighted by Crippen LogP contribution is -2.55. The fraction of sp³-hybridized carbons (Fsp3) is 0.429. The molecule has 30 heavy (non-hydrogen) atoms. The van der Waals surface area contributed by atoms with E-state index in [0.29, 0.717) is 49.7 Å². The molecule has 0 atom stereocenters. The molecule has 2 aliphatic rings. The summed E-state index contributed by atoms with van der Waals surface area (Å²) >= 11 is 1.44. The van der Waals surface area contributed by atoms with Gasteiger partial charge in [0.05, 0.1) is 17.1 Å². The van der Waals surface area contributed by atoms with Gasteiger partial charge in [0.25, 0.3) is 5.91 Å². The summed E-state index contributed by atoms with van der Waals surface area (Å²) in [7, 11) is -3.67.